The quantitative estimate of drug-likeness (QED) is 0.611. The molecule has 0 N–H and O–H groups in total. The minimum Gasteiger partial charge on any atom is -0.207 e. The standard InChI is InChI=1S/C10H8F4/c11-9-5-7(10(12,13)14)3-4-8(9)6-1-2-6/h3-6H,1-2H2. The van der Waals surface area contributed by atoms with Crippen molar-refractivity contribution in [1.82, 2.24) is 0 Å². The van der Waals surface area contributed by atoms with Gasteiger partial charge in [-0.25, -0.2) is 4.39 Å². The Bertz CT molecular complexity index is 350. The largest absolute Gasteiger partial charge is 0.416 e. The summed E-state index contributed by atoms with van der Waals surface area (Å²) < 4.78 is 49.6. The van der Waals surface area contributed by atoms with E-state index in [4.69, 9.17) is 0 Å². The predicted octanol–water partition coefficient (Wildman–Crippen LogP) is 3.72. The van der Waals surface area contributed by atoms with Crippen molar-refractivity contribution >= 4 is 0 Å². The molecular formula is C10H8F4. The van der Waals surface area contributed by atoms with Crippen molar-refractivity contribution in [3.63, 3.8) is 0 Å². The van der Waals surface area contributed by atoms with Crippen LogP contribution in [0.5, 0.6) is 0 Å². The molecule has 76 valence electrons. The predicted molar refractivity (Wildman–Crippen MR) is 43.4 cm³/mol. The summed E-state index contributed by atoms with van der Waals surface area (Å²) in [4.78, 5) is 0. The average Bonchev–Trinajstić information content (AvgIpc) is 2.85. The molecule has 0 aliphatic heterocycles. The molecule has 1 aromatic carbocycles. The first-order chi connectivity index (χ1) is 6.48. The van der Waals surface area contributed by atoms with Gasteiger partial charge >= 0.3 is 6.18 Å². The van der Waals surface area contributed by atoms with Crippen molar-refractivity contribution in [3.8, 4) is 0 Å². The van der Waals surface area contributed by atoms with Gasteiger partial charge in [-0.3, -0.25) is 0 Å². The Balaban J connectivity index is 2.35. The highest BCUT2D eigenvalue weighted by atomic mass is 19.4. The Hall–Kier alpha value is -1.06. The van der Waals surface area contributed by atoms with Crippen LogP contribution in [0.2, 0.25) is 0 Å². The number of rotatable bonds is 1. The Morgan fingerprint density at radius 3 is 2.21 bits per heavy atom. The molecule has 0 aromatic heterocycles. The van der Waals surface area contributed by atoms with E-state index < -0.39 is 17.6 Å². The third kappa shape index (κ3) is 1.74. The van der Waals surface area contributed by atoms with Crippen LogP contribution in [-0.4, -0.2) is 0 Å². The molecule has 0 amide bonds. The fourth-order valence-electron chi connectivity index (χ4n) is 1.43. The van der Waals surface area contributed by atoms with Gasteiger partial charge in [0, 0.05) is 0 Å². The molecule has 1 fully saturated rings. The summed E-state index contributed by atoms with van der Waals surface area (Å²) in [5.41, 5.74) is -0.502. The van der Waals surface area contributed by atoms with Crippen LogP contribution >= 0.6 is 0 Å². The summed E-state index contributed by atoms with van der Waals surface area (Å²) in [6.07, 6.45) is -2.70. The SMILES string of the molecule is Fc1cc(C(F)(F)F)ccc1C1CC1. The number of alkyl halides is 3. The van der Waals surface area contributed by atoms with Gasteiger partial charge < -0.3 is 0 Å². The van der Waals surface area contributed by atoms with E-state index in [1.165, 1.54) is 6.07 Å². The first-order valence-corrected chi connectivity index (χ1v) is 4.35. The van der Waals surface area contributed by atoms with Gasteiger partial charge in [-0.15, -0.1) is 0 Å². The molecular weight excluding hydrogens is 196 g/mol. The van der Waals surface area contributed by atoms with Gasteiger partial charge in [-0.1, -0.05) is 6.07 Å². The minimum absolute atomic E-state index is 0.136. The molecule has 0 spiro atoms. The van der Waals surface area contributed by atoms with Crippen LogP contribution in [0.25, 0.3) is 0 Å². The average molecular weight is 204 g/mol. The van der Waals surface area contributed by atoms with E-state index in [1.54, 1.807) is 0 Å². The number of halogens is 4. The zero-order valence-electron chi connectivity index (χ0n) is 7.24. The molecule has 14 heavy (non-hydrogen) atoms. The molecule has 0 atom stereocenters. The van der Waals surface area contributed by atoms with E-state index in [0.29, 0.717) is 11.6 Å². The smallest absolute Gasteiger partial charge is 0.207 e. The maximum atomic E-state index is 13.2. The molecule has 1 aliphatic carbocycles. The zero-order chi connectivity index (χ0) is 10.3. The van der Waals surface area contributed by atoms with Gasteiger partial charge in [0.25, 0.3) is 0 Å². The van der Waals surface area contributed by atoms with Gasteiger partial charge in [-0.05, 0) is 36.5 Å². The van der Waals surface area contributed by atoms with Gasteiger partial charge in [0.2, 0.25) is 0 Å². The monoisotopic (exact) mass is 204 g/mol. The summed E-state index contributed by atoms with van der Waals surface area (Å²) in [6, 6.07) is 2.76. The highest BCUT2D eigenvalue weighted by Crippen LogP contribution is 2.42. The van der Waals surface area contributed by atoms with E-state index >= 15 is 0 Å². The molecule has 1 aromatic rings. The molecule has 1 aliphatic rings. The molecule has 0 unspecified atom stereocenters. The second-order valence-corrected chi connectivity index (χ2v) is 3.51. The fourth-order valence-corrected chi connectivity index (χ4v) is 1.43. The highest BCUT2D eigenvalue weighted by Gasteiger charge is 2.33. The van der Waals surface area contributed by atoms with E-state index in [0.717, 1.165) is 18.9 Å². The Labute approximate surface area is 78.5 Å². The molecule has 0 nitrogen and oxygen atoms in total. The van der Waals surface area contributed by atoms with Gasteiger partial charge in [0.1, 0.15) is 5.82 Å². The highest BCUT2D eigenvalue weighted by molar-refractivity contribution is 5.31. The van der Waals surface area contributed by atoms with Crippen molar-refractivity contribution < 1.29 is 17.6 Å². The van der Waals surface area contributed by atoms with E-state index in [2.05, 4.69) is 0 Å². The van der Waals surface area contributed by atoms with E-state index in [9.17, 15) is 17.6 Å². The number of hydrogen-bond acceptors (Lipinski definition) is 0. The summed E-state index contributed by atoms with van der Waals surface area (Å²) >= 11 is 0. The lowest BCUT2D eigenvalue weighted by molar-refractivity contribution is -0.137. The van der Waals surface area contributed by atoms with Gasteiger partial charge in [0.05, 0.1) is 5.56 Å². The lowest BCUT2D eigenvalue weighted by atomic mass is 10.1. The van der Waals surface area contributed by atoms with Crippen LogP contribution < -0.4 is 0 Å². The van der Waals surface area contributed by atoms with E-state index in [1.807, 2.05) is 0 Å². The third-order valence-corrected chi connectivity index (χ3v) is 2.34. The Kier molecular flexibility index (Phi) is 2.01. The van der Waals surface area contributed by atoms with Crippen LogP contribution in [0.1, 0.15) is 29.9 Å². The van der Waals surface area contributed by atoms with Gasteiger partial charge in [-0.2, -0.15) is 13.2 Å². The van der Waals surface area contributed by atoms with Crippen molar-refractivity contribution in [2.24, 2.45) is 0 Å². The first kappa shape index (κ1) is 9.49. The normalized spacial score (nSPS) is 17.1. The van der Waals surface area contributed by atoms with Crippen molar-refractivity contribution in [3.05, 3.63) is 35.1 Å². The number of hydrogen-bond donors (Lipinski definition) is 0. The number of benzene rings is 1. The molecule has 0 bridgehead atoms. The lowest BCUT2D eigenvalue weighted by Gasteiger charge is -2.08. The Morgan fingerprint density at radius 2 is 1.79 bits per heavy atom. The summed E-state index contributed by atoms with van der Waals surface area (Å²) in [5, 5.41) is 0. The molecule has 1 saturated carbocycles. The van der Waals surface area contributed by atoms with Crippen LogP contribution in [0.3, 0.4) is 0 Å². The molecule has 2 rings (SSSR count). The fraction of sp³-hybridized carbons (Fsp3) is 0.400. The summed E-state index contributed by atoms with van der Waals surface area (Å²) in [6.45, 7) is 0. The van der Waals surface area contributed by atoms with Crippen molar-refractivity contribution in [2.75, 3.05) is 0 Å². The van der Waals surface area contributed by atoms with Crippen LogP contribution in [0.15, 0.2) is 18.2 Å². The van der Waals surface area contributed by atoms with Crippen molar-refractivity contribution in [2.45, 2.75) is 24.9 Å². The molecule has 0 heterocycles. The van der Waals surface area contributed by atoms with Crippen LogP contribution in [0.4, 0.5) is 17.6 Å². The Morgan fingerprint density at radius 1 is 1.14 bits per heavy atom. The lowest BCUT2D eigenvalue weighted by Crippen LogP contribution is -2.05. The topological polar surface area (TPSA) is 0 Å². The summed E-state index contributed by atoms with van der Waals surface area (Å²) in [5.74, 6) is -0.598. The van der Waals surface area contributed by atoms with Crippen molar-refractivity contribution in [1.29, 1.82) is 0 Å². The second-order valence-electron chi connectivity index (χ2n) is 3.51. The van der Waals surface area contributed by atoms with Crippen LogP contribution in [-0.2, 0) is 6.18 Å². The first-order valence-electron chi connectivity index (χ1n) is 4.35. The third-order valence-electron chi connectivity index (χ3n) is 2.34. The van der Waals surface area contributed by atoms with Gasteiger partial charge in [0.15, 0.2) is 0 Å². The minimum atomic E-state index is -4.46. The molecule has 0 radical (unpaired) electrons. The zero-order valence-corrected chi connectivity index (χ0v) is 7.24. The maximum Gasteiger partial charge on any atom is 0.416 e. The molecule has 0 saturated heterocycles. The second kappa shape index (κ2) is 2.97. The van der Waals surface area contributed by atoms with Crippen LogP contribution in [0, 0.1) is 5.82 Å². The molecule has 4 heteroatoms. The summed E-state index contributed by atoms with van der Waals surface area (Å²) in [7, 11) is 0. The maximum absolute atomic E-state index is 13.2. The van der Waals surface area contributed by atoms with E-state index in [-0.39, 0.29) is 5.92 Å².